The van der Waals surface area contributed by atoms with E-state index >= 15 is 0 Å². The van der Waals surface area contributed by atoms with Crippen molar-refractivity contribution in [3.05, 3.63) is 0 Å². The average molecular weight is 192 g/mol. The van der Waals surface area contributed by atoms with Gasteiger partial charge in [-0.15, -0.1) is 0 Å². The summed E-state index contributed by atoms with van der Waals surface area (Å²) in [4.78, 5) is 0. The number of hydrogen-bond acceptors (Lipinski definition) is 2. The van der Waals surface area contributed by atoms with E-state index in [0.29, 0.717) is 17.6 Å². The average Bonchev–Trinajstić information content (AvgIpc) is 1.84. The highest BCUT2D eigenvalue weighted by molar-refractivity contribution is 7.90. The van der Waals surface area contributed by atoms with Crippen LogP contribution in [0.25, 0.3) is 0 Å². The molecule has 0 amide bonds. The molecule has 0 aromatic rings. The summed E-state index contributed by atoms with van der Waals surface area (Å²) >= 11 is 0. The molecule has 2 nitrogen and oxygen atoms in total. The molecule has 0 aromatic carbocycles. The molecule has 0 saturated heterocycles. The van der Waals surface area contributed by atoms with Gasteiger partial charge in [0.2, 0.25) is 0 Å². The highest BCUT2D eigenvalue weighted by atomic mass is 32.2. The van der Waals surface area contributed by atoms with E-state index in [9.17, 15) is 8.42 Å². The summed E-state index contributed by atoms with van der Waals surface area (Å²) in [6, 6.07) is 0. The molecule has 3 heteroatoms. The largest absolute Gasteiger partial charge is 0.229 e. The number of rotatable bonds is 5. The molecule has 0 spiro atoms. The molecular weight excluding hydrogens is 172 g/mol. The van der Waals surface area contributed by atoms with Gasteiger partial charge in [-0.1, -0.05) is 33.6 Å². The van der Waals surface area contributed by atoms with Crippen molar-refractivity contribution < 1.29 is 8.42 Å². The van der Waals surface area contributed by atoms with Crippen molar-refractivity contribution in [1.29, 1.82) is 0 Å². The van der Waals surface area contributed by atoms with Gasteiger partial charge < -0.3 is 0 Å². The molecular formula is C9H20O2S. The predicted molar refractivity (Wildman–Crippen MR) is 52.9 cm³/mol. The maximum absolute atomic E-state index is 11.0. The maximum Gasteiger partial charge on any atom is 0.147 e. The Balaban J connectivity index is 3.95. The Morgan fingerprint density at radius 1 is 1.17 bits per heavy atom. The summed E-state index contributed by atoms with van der Waals surface area (Å²) in [6.07, 6.45) is 3.56. The number of hydrogen-bond donors (Lipinski definition) is 0. The third-order valence-electron chi connectivity index (χ3n) is 2.28. The van der Waals surface area contributed by atoms with Gasteiger partial charge >= 0.3 is 0 Å². The SMILES string of the molecule is CCCC(C)C(C)CS(C)(=O)=O. The van der Waals surface area contributed by atoms with E-state index in [4.69, 9.17) is 0 Å². The molecule has 0 aliphatic rings. The van der Waals surface area contributed by atoms with E-state index in [-0.39, 0.29) is 0 Å². The molecule has 0 aliphatic heterocycles. The quantitative estimate of drug-likeness (QED) is 0.668. The van der Waals surface area contributed by atoms with E-state index in [1.54, 1.807) is 0 Å². The summed E-state index contributed by atoms with van der Waals surface area (Å²) in [5, 5.41) is 0. The van der Waals surface area contributed by atoms with Crippen LogP contribution in [-0.4, -0.2) is 20.4 Å². The van der Waals surface area contributed by atoms with Crippen molar-refractivity contribution in [2.45, 2.75) is 33.6 Å². The zero-order valence-corrected chi connectivity index (χ0v) is 9.32. The fraction of sp³-hybridized carbons (Fsp3) is 1.00. The summed E-state index contributed by atoms with van der Waals surface area (Å²) in [5.74, 6) is 1.14. The zero-order valence-electron chi connectivity index (χ0n) is 8.50. The van der Waals surface area contributed by atoms with Crippen molar-refractivity contribution in [2.75, 3.05) is 12.0 Å². The standard InChI is InChI=1S/C9H20O2S/c1-5-6-8(2)9(3)7-12(4,10)11/h8-9H,5-7H2,1-4H3. The van der Waals surface area contributed by atoms with Gasteiger partial charge in [0.1, 0.15) is 9.84 Å². The molecule has 0 aromatic heterocycles. The van der Waals surface area contributed by atoms with Crippen LogP contribution in [-0.2, 0) is 9.84 Å². The first-order chi connectivity index (χ1) is 5.37. The van der Waals surface area contributed by atoms with Crippen LogP contribution in [0, 0.1) is 11.8 Å². The topological polar surface area (TPSA) is 34.1 Å². The Morgan fingerprint density at radius 2 is 1.67 bits per heavy atom. The van der Waals surface area contributed by atoms with Gasteiger partial charge in [-0.05, 0) is 11.8 Å². The molecule has 0 radical (unpaired) electrons. The van der Waals surface area contributed by atoms with Gasteiger partial charge in [0.25, 0.3) is 0 Å². The van der Waals surface area contributed by atoms with Crippen molar-refractivity contribution in [3.8, 4) is 0 Å². The van der Waals surface area contributed by atoms with Crippen LogP contribution in [0.2, 0.25) is 0 Å². The van der Waals surface area contributed by atoms with Crippen LogP contribution in [0.3, 0.4) is 0 Å². The van der Waals surface area contributed by atoms with Gasteiger partial charge in [0.15, 0.2) is 0 Å². The summed E-state index contributed by atoms with van der Waals surface area (Å²) < 4.78 is 21.9. The van der Waals surface area contributed by atoms with Crippen LogP contribution in [0.5, 0.6) is 0 Å². The summed E-state index contributed by atoms with van der Waals surface area (Å²) in [6.45, 7) is 6.27. The number of sulfone groups is 1. The van der Waals surface area contributed by atoms with Crippen LogP contribution in [0.15, 0.2) is 0 Å². The third kappa shape index (κ3) is 5.58. The molecule has 0 fully saturated rings. The lowest BCUT2D eigenvalue weighted by molar-refractivity contribution is 0.389. The molecule has 0 N–H and O–H groups in total. The van der Waals surface area contributed by atoms with Crippen molar-refractivity contribution in [1.82, 2.24) is 0 Å². The normalized spacial score (nSPS) is 17.3. The van der Waals surface area contributed by atoms with Gasteiger partial charge in [-0.2, -0.15) is 0 Å². The molecule has 0 heterocycles. The Hall–Kier alpha value is -0.0500. The van der Waals surface area contributed by atoms with Crippen LogP contribution in [0.1, 0.15) is 33.6 Å². The van der Waals surface area contributed by atoms with Gasteiger partial charge in [-0.25, -0.2) is 8.42 Å². The molecule has 74 valence electrons. The lowest BCUT2D eigenvalue weighted by atomic mass is 9.93. The minimum Gasteiger partial charge on any atom is -0.229 e. The highest BCUT2D eigenvalue weighted by Gasteiger charge is 2.16. The van der Waals surface area contributed by atoms with E-state index in [0.717, 1.165) is 12.8 Å². The fourth-order valence-corrected chi connectivity index (χ4v) is 2.67. The zero-order chi connectivity index (χ0) is 9.78. The van der Waals surface area contributed by atoms with Crippen molar-refractivity contribution in [2.24, 2.45) is 11.8 Å². The van der Waals surface area contributed by atoms with Crippen molar-refractivity contribution in [3.63, 3.8) is 0 Å². The second kappa shape index (κ2) is 4.85. The molecule has 0 rings (SSSR count). The van der Waals surface area contributed by atoms with Crippen molar-refractivity contribution >= 4 is 9.84 Å². The highest BCUT2D eigenvalue weighted by Crippen LogP contribution is 2.17. The van der Waals surface area contributed by atoms with Crippen LogP contribution >= 0.6 is 0 Å². The first-order valence-corrected chi connectivity index (χ1v) is 6.60. The fourth-order valence-electron chi connectivity index (χ4n) is 1.38. The molecule has 0 saturated carbocycles. The van der Waals surface area contributed by atoms with E-state index in [2.05, 4.69) is 13.8 Å². The van der Waals surface area contributed by atoms with Crippen LogP contribution in [0.4, 0.5) is 0 Å². The first-order valence-electron chi connectivity index (χ1n) is 4.54. The lowest BCUT2D eigenvalue weighted by Gasteiger charge is -2.17. The van der Waals surface area contributed by atoms with Crippen LogP contribution < -0.4 is 0 Å². The molecule has 2 atom stereocenters. The Labute approximate surface area is 76.3 Å². The minimum absolute atomic E-state index is 0.292. The summed E-state index contributed by atoms with van der Waals surface area (Å²) in [5.41, 5.74) is 0. The van der Waals surface area contributed by atoms with Gasteiger partial charge in [0.05, 0.1) is 5.75 Å². The maximum atomic E-state index is 11.0. The Kier molecular flexibility index (Phi) is 4.83. The predicted octanol–water partition coefficient (Wildman–Crippen LogP) is 2.10. The first kappa shape index (κ1) is 11.9. The molecule has 0 aliphatic carbocycles. The van der Waals surface area contributed by atoms with Gasteiger partial charge in [-0.3, -0.25) is 0 Å². The Morgan fingerprint density at radius 3 is 2.00 bits per heavy atom. The van der Waals surface area contributed by atoms with E-state index in [1.807, 2.05) is 6.92 Å². The minimum atomic E-state index is -2.79. The second-order valence-corrected chi connectivity index (χ2v) is 6.02. The van der Waals surface area contributed by atoms with Gasteiger partial charge in [0, 0.05) is 6.26 Å². The monoisotopic (exact) mass is 192 g/mol. The molecule has 0 bridgehead atoms. The summed E-state index contributed by atoms with van der Waals surface area (Å²) in [7, 11) is -2.79. The second-order valence-electron chi connectivity index (χ2n) is 3.84. The van der Waals surface area contributed by atoms with E-state index < -0.39 is 9.84 Å². The Bertz CT molecular complexity index is 207. The molecule has 2 unspecified atom stereocenters. The smallest absolute Gasteiger partial charge is 0.147 e. The van der Waals surface area contributed by atoms with E-state index in [1.165, 1.54) is 6.26 Å². The molecule has 12 heavy (non-hydrogen) atoms. The lowest BCUT2D eigenvalue weighted by Crippen LogP contribution is -2.18. The third-order valence-corrected chi connectivity index (χ3v) is 3.41.